The molecule has 70 valence electrons. The van der Waals surface area contributed by atoms with Crippen molar-refractivity contribution in [1.29, 1.82) is 0 Å². The quantitative estimate of drug-likeness (QED) is 0.520. The number of ketones is 3. The van der Waals surface area contributed by atoms with Crippen LogP contribution in [0.3, 0.4) is 0 Å². The fourth-order valence-corrected chi connectivity index (χ4v) is 2.56. The third kappa shape index (κ3) is 0.820. The molecular formula is C10H12O3. The van der Waals surface area contributed by atoms with Gasteiger partial charge in [-0.1, -0.05) is 6.92 Å². The lowest BCUT2D eigenvalue weighted by atomic mass is 9.52. The molecule has 0 aliphatic heterocycles. The molecule has 2 aliphatic carbocycles. The first kappa shape index (κ1) is 8.60. The molecule has 2 rings (SSSR count). The van der Waals surface area contributed by atoms with Crippen LogP contribution in [0.5, 0.6) is 0 Å². The van der Waals surface area contributed by atoms with Gasteiger partial charge in [0.15, 0.2) is 17.3 Å². The minimum Gasteiger partial charge on any atom is -0.298 e. The summed E-state index contributed by atoms with van der Waals surface area (Å²) in [6.07, 6.45) is 1.83. The summed E-state index contributed by atoms with van der Waals surface area (Å²) in [7, 11) is 0. The summed E-state index contributed by atoms with van der Waals surface area (Å²) in [4.78, 5) is 34.6. The number of carbonyl (C=O) groups is 3. The highest BCUT2D eigenvalue weighted by Crippen LogP contribution is 2.48. The molecule has 1 spiro atoms. The Balaban J connectivity index is 2.41. The summed E-state index contributed by atoms with van der Waals surface area (Å²) in [6.45, 7) is 1.82. The van der Waals surface area contributed by atoms with E-state index in [2.05, 4.69) is 0 Å². The molecular weight excluding hydrogens is 168 g/mol. The highest BCUT2D eigenvalue weighted by molar-refractivity contribution is 6.28. The molecule has 1 atom stereocenters. The third-order valence-electron chi connectivity index (χ3n) is 3.36. The van der Waals surface area contributed by atoms with Crippen LogP contribution in [-0.2, 0) is 14.4 Å². The Bertz CT molecular complexity index is 287. The first-order valence-electron chi connectivity index (χ1n) is 4.70. The highest BCUT2D eigenvalue weighted by Gasteiger charge is 2.62. The predicted molar refractivity (Wildman–Crippen MR) is 45.1 cm³/mol. The molecule has 0 aromatic heterocycles. The van der Waals surface area contributed by atoms with Crippen LogP contribution in [0.15, 0.2) is 0 Å². The van der Waals surface area contributed by atoms with Crippen LogP contribution in [0.4, 0.5) is 0 Å². The molecule has 2 saturated carbocycles. The van der Waals surface area contributed by atoms with Gasteiger partial charge >= 0.3 is 0 Å². The first-order chi connectivity index (χ1) is 6.10. The Kier molecular flexibility index (Phi) is 1.65. The topological polar surface area (TPSA) is 51.2 Å². The molecule has 0 aromatic rings. The Morgan fingerprint density at radius 3 is 1.92 bits per heavy atom. The van der Waals surface area contributed by atoms with E-state index in [0.717, 1.165) is 0 Å². The fraction of sp³-hybridized carbons (Fsp3) is 0.700. The molecule has 1 unspecified atom stereocenters. The normalized spacial score (nSPS) is 32.1. The monoisotopic (exact) mass is 180 g/mol. The second-order valence-electron chi connectivity index (χ2n) is 4.04. The van der Waals surface area contributed by atoms with E-state index in [1.54, 1.807) is 0 Å². The standard InChI is InChI=1S/C10H12O3/c1-6-5-9(13)10(6)7(11)3-2-4-8(10)12/h6H,2-5H2,1H3. The van der Waals surface area contributed by atoms with Crippen molar-refractivity contribution in [3.8, 4) is 0 Å². The molecule has 0 heterocycles. The average molecular weight is 180 g/mol. The SMILES string of the molecule is CC1CC(=O)C12C(=O)CCCC2=O. The lowest BCUT2D eigenvalue weighted by molar-refractivity contribution is -0.164. The summed E-state index contributed by atoms with van der Waals surface area (Å²) in [5.74, 6) is -0.463. The Morgan fingerprint density at radius 1 is 1.08 bits per heavy atom. The molecule has 2 fully saturated rings. The summed E-state index contributed by atoms with van der Waals surface area (Å²) in [5.41, 5.74) is -1.18. The smallest absolute Gasteiger partial charge is 0.154 e. The molecule has 0 aromatic carbocycles. The maximum atomic E-state index is 11.6. The van der Waals surface area contributed by atoms with Crippen LogP contribution in [0.25, 0.3) is 0 Å². The van der Waals surface area contributed by atoms with Gasteiger partial charge in [0.1, 0.15) is 5.41 Å². The van der Waals surface area contributed by atoms with Crippen molar-refractivity contribution in [2.75, 3.05) is 0 Å². The van der Waals surface area contributed by atoms with Crippen LogP contribution in [-0.4, -0.2) is 17.3 Å². The number of hydrogen-bond acceptors (Lipinski definition) is 3. The van der Waals surface area contributed by atoms with E-state index in [9.17, 15) is 14.4 Å². The maximum absolute atomic E-state index is 11.6. The van der Waals surface area contributed by atoms with E-state index >= 15 is 0 Å². The van der Waals surface area contributed by atoms with Gasteiger partial charge in [-0.3, -0.25) is 14.4 Å². The van der Waals surface area contributed by atoms with Crippen molar-refractivity contribution in [3.05, 3.63) is 0 Å². The van der Waals surface area contributed by atoms with Crippen molar-refractivity contribution in [2.24, 2.45) is 11.3 Å². The van der Waals surface area contributed by atoms with Gasteiger partial charge in [-0.25, -0.2) is 0 Å². The van der Waals surface area contributed by atoms with Crippen LogP contribution in [0, 0.1) is 11.3 Å². The van der Waals surface area contributed by atoms with Crippen LogP contribution in [0.2, 0.25) is 0 Å². The number of hydrogen-bond donors (Lipinski definition) is 0. The van der Waals surface area contributed by atoms with E-state index in [1.165, 1.54) is 0 Å². The summed E-state index contributed by atoms with van der Waals surface area (Å²) >= 11 is 0. The Hall–Kier alpha value is -0.990. The molecule has 0 amide bonds. The van der Waals surface area contributed by atoms with Gasteiger partial charge in [0, 0.05) is 19.3 Å². The zero-order valence-electron chi connectivity index (χ0n) is 7.63. The second-order valence-corrected chi connectivity index (χ2v) is 4.04. The second kappa shape index (κ2) is 2.50. The fourth-order valence-electron chi connectivity index (χ4n) is 2.56. The summed E-state index contributed by atoms with van der Waals surface area (Å²) in [6, 6.07) is 0. The number of rotatable bonds is 0. The van der Waals surface area contributed by atoms with Crippen LogP contribution < -0.4 is 0 Å². The minimum absolute atomic E-state index is 0.0553. The van der Waals surface area contributed by atoms with Gasteiger partial charge in [0.05, 0.1) is 0 Å². The van der Waals surface area contributed by atoms with Crippen LogP contribution >= 0.6 is 0 Å². The maximum Gasteiger partial charge on any atom is 0.154 e. The van der Waals surface area contributed by atoms with Gasteiger partial charge in [0.2, 0.25) is 0 Å². The Labute approximate surface area is 76.5 Å². The van der Waals surface area contributed by atoms with Gasteiger partial charge in [0.25, 0.3) is 0 Å². The lowest BCUT2D eigenvalue weighted by Crippen LogP contribution is -2.60. The number of carbonyl (C=O) groups excluding carboxylic acids is 3. The van der Waals surface area contributed by atoms with Crippen molar-refractivity contribution in [2.45, 2.75) is 32.6 Å². The van der Waals surface area contributed by atoms with Crippen LogP contribution in [0.1, 0.15) is 32.6 Å². The summed E-state index contributed by atoms with van der Waals surface area (Å²) < 4.78 is 0. The average Bonchev–Trinajstić information content (AvgIpc) is 2.04. The molecule has 2 aliphatic rings. The largest absolute Gasteiger partial charge is 0.298 e. The minimum atomic E-state index is -1.18. The molecule has 0 saturated heterocycles. The van der Waals surface area contributed by atoms with E-state index in [4.69, 9.17) is 0 Å². The van der Waals surface area contributed by atoms with Crippen molar-refractivity contribution in [3.63, 3.8) is 0 Å². The molecule has 0 bridgehead atoms. The summed E-state index contributed by atoms with van der Waals surface area (Å²) in [5, 5.41) is 0. The number of Topliss-reactive ketones (excluding diaryl/α,β-unsaturated/α-hetero) is 3. The molecule has 0 radical (unpaired) electrons. The highest BCUT2D eigenvalue weighted by atomic mass is 16.2. The third-order valence-corrected chi connectivity index (χ3v) is 3.36. The van der Waals surface area contributed by atoms with Crippen molar-refractivity contribution in [1.82, 2.24) is 0 Å². The van der Waals surface area contributed by atoms with E-state index < -0.39 is 5.41 Å². The zero-order chi connectivity index (χ0) is 9.64. The lowest BCUT2D eigenvalue weighted by Gasteiger charge is -2.45. The predicted octanol–water partition coefficient (Wildman–Crippen LogP) is 0.904. The van der Waals surface area contributed by atoms with E-state index in [1.807, 2.05) is 6.92 Å². The first-order valence-corrected chi connectivity index (χ1v) is 4.70. The van der Waals surface area contributed by atoms with Crippen molar-refractivity contribution < 1.29 is 14.4 Å². The Morgan fingerprint density at radius 2 is 1.62 bits per heavy atom. The van der Waals surface area contributed by atoms with E-state index in [-0.39, 0.29) is 23.3 Å². The molecule has 0 N–H and O–H groups in total. The molecule has 13 heavy (non-hydrogen) atoms. The molecule has 3 nitrogen and oxygen atoms in total. The van der Waals surface area contributed by atoms with Gasteiger partial charge in [-0.05, 0) is 12.3 Å². The van der Waals surface area contributed by atoms with Gasteiger partial charge in [-0.2, -0.15) is 0 Å². The van der Waals surface area contributed by atoms with Crippen molar-refractivity contribution >= 4 is 17.3 Å². The van der Waals surface area contributed by atoms with Gasteiger partial charge in [-0.15, -0.1) is 0 Å². The zero-order valence-corrected chi connectivity index (χ0v) is 7.63. The molecule has 3 heteroatoms. The van der Waals surface area contributed by atoms with E-state index in [0.29, 0.717) is 25.7 Å². The van der Waals surface area contributed by atoms with Gasteiger partial charge < -0.3 is 0 Å².